The summed E-state index contributed by atoms with van der Waals surface area (Å²) in [6, 6.07) is 13.0. The van der Waals surface area contributed by atoms with Gasteiger partial charge in [0.25, 0.3) is 0 Å². The Morgan fingerprint density at radius 3 is 2.39 bits per heavy atom. The van der Waals surface area contributed by atoms with Crippen LogP contribution in [0.4, 0.5) is 14.6 Å². The molecular weight excluding hydrogens is 430 g/mol. The van der Waals surface area contributed by atoms with Gasteiger partial charge >= 0.3 is 5.76 Å². The summed E-state index contributed by atoms with van der Waals surface area (Å²) >= 11 is 0. The average Bonchev–Trinajstić information content (AvgIpc) is 3.13. The molecule has 1 saturated heterocycles. The standard InChI is InChI=1S/C24H20F2N4O3/c25-18-11-17(12-19(26)14-18)23(31)16-4-5-20-21(13-16)33-24(32)30(20)15-28-7-9-29(10-8-28)22-3-1-2-6-27-22/h1-6,11-14H,7-10,15H2. The average molecular weight is 450 g/mol. The van der Waals surface area contributed by atoms with Crippen molar-refractivity contribution in [1.29, 1.82) is 0 Å². The number of aromatic nitrogens is 2. The smallest absolute Gasteiger partial charge is 0.408 e. The molecule has 4 aromatic rings. The predicted molar refractivity (Wildman–Crippen MR) is 118 cm³/mol. The van der Waals surface area contributed by atoms with Crippen molar-refractivity contribution in [3.63, 3.8) is 0 Å². The zero-order chi connectivity index (χ0) is 22.9. The first-order valence-electron chi connectivity index (χ1n) is 10.5. The van der Waals surface area contributed by atoms with Gasteiger partial charge in [0.2, 0.25) is 0 Å². The van der Waals surface area contributed by atoms with Gasteiger partial charge in [0.05, 0.1) is 12.2 Å². The highest BCUT2D eigenvalue weighted by Crippen LogP contribution is 2.20. The molecule has 1 aliphatic heterocycles. The number of carbonyl (C=O) groups is 1. The Morgan fingerprint density at radius 1 is 0.939 bits per heavy atom. The minimum atomic E-state index is -0.833. The molecule has 9 heteroatoms. The maximum atomic E-state index is 13.5. The molecule has 0 amide bonds. The molecule has 0 bridgehead atoms. The number of anilines is 1. The van der Waals surface area contributed by atoms with Gasteiger partial charge in [-0.15, -0.1) is 0 Å². The van der Waals surface area contributed by atoms with E-state index in [-0.39, 0.29) is 16.7 Å². The normalized spacial score (nSPS) is 14.7. The lowest BCUT2D eigenvalue weighted by atomic mass is 10.0. The van der Waals surface area contributed by atoms with Crippen LogP contribution in [0.5, 0.6) is 0 Å². The second-order valence-electron chi connectivity index (χ2n) is 7.90. The van der Waals surface area contributed by atoms with Gasteiger partial charge in [0, 0.05) is 49.6 Å². The number of benzene rings is 2. The molecule has 0 atom stereocenters. The lowest BCUT2D eigenvalue weighted by Gasteiger charge is -2.35. The van der Waals surface area contributed by atoms with Gasteiger partial charge in [-0.3, -0.25) is 14.3 Å². The summed E-state index contributed by atoms with van der Waals surface area (Å²) in [5.74, 6) is -1.83. The highest BCUT2D eigenvalue weighted by atomic mass is 19.1. The number of oxazole rings is 1. The number of halogens is 2. The van der Waals surface area contributed by atoms with Gasteiger partial charge in [-0.2, -0.15) is 0 Å². The van der Waals surface area contributed by atoms with E-state index in [1.54, 1.807) is 12.3 Å². The Labute approximate surface area is 187 Å². The number of carbonyl (C=O) groups excluding carboxylic acids is 1. The topological polar surface area (TPSA) is 71.6 Å². The lowest BCUT2D eigenvalue weighted by Crippen LogP contribution is -2.47. The fourth-order valence-corrected chi connectivity index (χ4v) is 4.05. The number of ketones is 1. The predicted octanol–water partition coefficient (Wildman–Crippen LogP) is 3.28. The third kappa shape index (κ3) is 4.27. The molecule has 1 fully saturated rings. The lowest BCUT2D eigenvalue weighted by molar-refractivity contribution is 0.103. The van der Waals surface area contributed by atoms with Crippen LogP contribution in [-0.4, -0.2) is 46.4 Å². The molecule has 0 unspecified atom stereocenters. The number of rotatable bonds is 5. The maximum Gasteiger partial charge on any atom is 0.421 e. The van der Waals surface area contributed by atoms with Crippen molar-refractivity contribution >= 4 is 22.7 Å². The third-order valence-corrected chi connectivity index (χ3v) is 5.74. The summed E-state index contributed by atoms with van der Waals surface area (Å²) in [7, 11) is 0. The van der Waals surface area contributed by atoms with Crippen molar-refractivity contribution in [2.45, 2.75) is 6.67 Å². The third-order valence-electron chi connectivity index (χ3n) is 5.74. The molecule has 2 aromatic heterocycles. The number of piperazine rings is 1. The number of pyridine rings is 1. The van der Waals surface area contributed by atoms with Crippen molar-refractivity contribution in [2.75, 3.05) is 31.1 Å². The highest BCUT2D eigenvalue weighted by Gasteiger charge is 2.21. The SMILES string of the molecule is O=C(c1cc(F)cc(F)c1)c1ccc2c(c1)oc(=O)n2CN1CCN(c2ccccn2)CC1. The quantitative estimate of drug-likeness (QED) is 0.435. The second-order valence-corrected chi connectivity index (χ2v) is 7.90. The van der Waals surface area contributed by atoms with Gasteiger partial charge in [-0.25, -0.2) is 18.6 Å². The van der Waals surface area contributed by atoms with Gasteiger partial charge < -0.3 is 9.32 Å². The Hall–Kier alpha value is -3.85. The molecule has 0 saturated carbocycles. The second kappa shape index (κ2) is 8.59. The molecule has 33 heavy (non-hydrogen) atoms. The Bertz CT molecular complexity index is 1360. The van der Waals surface area contributed by atoms with E-state index >= 15 is 0 Å². The monoisotopic (exact) mass is 450 g/mol. The van der Waals surface area contributed by atoms with Gasteiger partial charge in [-0.1, -0.05) is 6.07 Å². The van der Waals surface area contributed by atoms with Crippen molar-refractivity contribution in [1.82, 2.24) is 14.5 Å². The minimum absolute atomic E-state index is 0.112. The Balaban J connectivity index is 1.33. The first kappa shape index (κ1) is 21.0. The number of hydrogen-bond acceptors (Lipinski definition) is 6. The molecule has 0 spiro atoms. The van der Waals surface area contributed by atoms with E-state index in [0.29, 0.717) is 18.3 Å². The van der Waals surface area contributed by atoms with Crippen LogP contribution in [-0.2, 0) is 6.67 Å². The van der Waals surface area contributed by atoms with Crippen molar-refractivity contribution in [3.8, 4) is 0 Å². The number of hydrogen-bond donors (Lipinski definition) is 0. The van der Waals surface area contributed by atoms with E-state index in [1.807, 2.05) is 18.2 Å². The van der Waals surface area contributed by atoms with E-state index in [1.165, 1.54) is 16.7 Å². The molecule has 0 aliphatic carbocycles. The molecule has 3 heterocycles. The van der Waals surface area contributed by atoms with E-state index in [2.05, 4.69) is 14.8 Å². The van der Waals surface area contributed by atoms with Crippen LogP contribution in [0.15, 0.2) is 70.0 Å². The fourth-order valence-electron chi connectivity index (χ4n) is 4.05. The summed E-state index contributed by atoms with van der Waals surface area (Å²) in [6.07, 6.45) is 1.77. The summed E-state index contributed by atoms with van der Waals surface area (Å²) < 4.78 is 33.9. The van der Waals surface area contributed by atoms with Crippen LogP contribution < -0.4 is 10.7 Å². The van der Waals surface area contributed by atoms with Crippen LogP contribution in [0.1, 0.15) is 15.9 Å². The zero-order valence-corrected chi connectivity index (χ0v) is 17.6. The molecular formula is C24H20F2N4O3. The minimum Gasteiger partial charge on any atom is -0.408 e. The van der Waals surface area contributed by atoms with Crippen molar-refractivity contribution in [3.05, 3.63) is 94.1 Å². The molecule has 1 aliphatic rings. The van der Waals surface area contributed by atoms with Gasteiger partial charge in [0.1, 0.15) is 17.5 Å². The summed E-state index contributed by atoms with van der Waals surface area (Å²) in [5.41, 5.74) is 0.862. The van der Waals surface area contributed by atoms with E-state index in [9.17, 15) is 18.4 Å². The van der Waals surface area contributed by atoms with Crippen LogP contribution in [0, 0.1) is 11.6 Å². The summed E-state index contributed by atoms with van der Waals surface area (Å²) in [6.45, 7) is 3.41. The van der Waals surface area contributed by atoms with Crippen LogP contribution in [0.3, 0.4) is 0 Å². The number of fused-ring (bicyclic) bond motifs is 1. The maximum absolute atomic E-state index is 13.5. The summed E-state index contributed by atoms with van der Waals surface area (Å²) in [5, 5.41) is 0. The van der Waals surface area contributed by atoms with Crippen LogP contribution in [0.25, 0.3) is 11.1 Å². The zero-order valence-electron chi connectivity index (χ0n) is 17.6. The Morgan fingerprint density at radius 2 is 1.70 bits per heavy atom. The Kier molecular flexibility index (Phi) is 5.47. The van der Waals surface area contributed by atoms with Crippen LogP contribution >= 0.6 is 0 Å². The van der Waals surface area contributed by atoms with Gasteiger partial charge in [0.15, 0.2) is 11.4 Å². The van der Waals surface area contributed by atoms with E-state index in [4.69, 9.17) is 4.42 Å². The van der Waals surface area contributed by atoms with Crippen molar-refractivity contribution < 1.29 is 18.0 Å². The highest BCUT2D eigenvalue weighted by molar-refractivity contribution is 6.10. The fraction of sp³-hybridized carbons (Fsp3) is 0.208. The summed E-state index contributed by atoms with van der Waals surface area (Å²) in [4.78, 5) is 33.9. The molecule has 168 valence electrons. The van der Waals surface area contributed by atoms with E-state index in [0.717, 1.165) is 44.1 Å². The first-order valence-corrected chi connectivity index (χ1v) is 10.5. The molecule has 7 nitrogen and oxygen atoms in total. The first-order chi connectivity index (χ1) is 16.0. The van der Waals surface area contributed by atoms with Gasteiger partial charge in [-0.05, 0) is 42.5 Å². The molecule has 0 N–H and O–H groups in total. The molecule has 0 radical (unpaired) electrons. The van der Waals surface area contributed by atoms with Crippen molar-refractivity contribution in [2.24, 2.45) is 0 Å². The van der Waals surface area contributed by atoms with E-state index < -0.39 is 23.2 Å². The molecule has 5 rings (SSSR count). The number of nitrogens with zero attached hydrogens (tertiary/aromatic N) is 4. The molecule has 2 aromatic carbocycles. The van der Waals surface area contributed by atoms with Crippen LogP contribution in [0.2, 0.25) is 0 Å². The largest absolute Gasteiger partial charge is 0.421 e.